The molecule has 1 aromatic rings. The molecular formula is C14H21N3O2. The van der Waals surface area contributed by atoms with Gasteiger partial charge in [0, 0.05) is 19.3 Å². The second kappa shape index (κ2) is 6.52. The number of rotatable bonds is 6. The van der Waals surface area contributed by atoms with E-state index >= 15 is 0 Å². The minimum atomic E-state index is -0.302. The number of hydrogen-bond acceptors (Lipinski definition) is 4. The van der Waals surface area contributed by atoms with Crippen LogP contribution in [0.3, 0.4) is 0 Å². The van der Waals surface area contributed by atoms with Crippen molar-refractivity contribution in [3.63, 3.8) is 0 Å². The average molecular weight is 263 g/mol. The predicted octanol–water partition coefficient (Wildman–Crippen LogP) is 1.13. The fourth-order valence-corrected chi connectivity index (χ4v) is 2.22. The second-order valence-electron chi connectivity index (χ2n) is 4.81. The first-order valence-electron chi connectivity index (χ1n) is 6.72. The van der Waals surface area contributed by atoms with Crippen molar-refractivity contribution < 1.29 is 9.53 Å². The van der Waals surface area contributed by atoms with Crippen LogP contribution in [0, 0.1) is 0 Å². The molecule has 1 aromatic heterocycles. The van der Waals surface area contributed by atoms with E-state index in [-0.39, 0.29) is 11.9 Å². The summed E-state index contributed by atoms with van der Waals surface area (Å²) in [4.78, 5) is 16.4. The molecule has 19 heavy (non-hydrogen) atoms. The molecule has 5 nitrogen and oxygen atoms in total. The standard InChI is InChI=1S/C14H21N3O2/c1-10(14(18)15-8-9-19-2)16-13-7-6-11-4-3-5-12(11)17-13/h6-7,10H,3-5,8-9H2,1-2H3,(H,15,18)(H,16,17). The van der Waals surface area contributed by atoms with E-state index in [1.807, 2.05) is 13.0 Å². The third kappa shape index (κ3) is 3.67. The number of carbonyl (C=O) groups excluding carboxylic acids is 1. The van der Waals surface area contributed by atoms with Crippen LogP contribution in [0.1, 0.15) is 24.6 Å². The van der Waals surface area contributed by atoms with Crippen LogP contribution in [0.25, 0.3) is 0 Å². The average Bonchev–Trinajstić information content (AvgIpc) is 2.86. The Kier molecular flexibility index (Phi) is 4.74. The molecule has 2 rings (SSSR count). The van der Waals surface area contributed by atoms with Crippen molar-refractivity contribution in [1.82, 2.24) is 10.3 Å². The van der Waals surface area contributed by atoms with Crippen molar-refractivity contribution in [3.05, 3.63) is 23.4 Å². The third-order valence-electron chi connectivity index (χ3n) is 3.29. The summed E-state index contributed by atoms with van der Waals surface area (Å²) in [6.45, 7) is 2.88. The van der Waals surface area contributed by atoms with Crippen molar-refractivity contribution in [2.45, 2.75) is 32.2 Å². The van der Waals surface area contributed by atoms with Crippen LogP contribution < -0.4 is 10.6 Å². The SMILES string of the molecule is COCCNC(=O)C(C)Nc1ccc2c(n1)CCC2. The Labute approximate surface area is 113 Å². The molecule has 1 aliphatic carbocycles. The number of fused-ring (bicyclic) bond motifs is 1. The molecule has 2 N–H and O–H groups in total. The van der Waals surface area contributed by atoms with Crippen molar-refractivity contribution in [3.8, 4) is 0 Å². The normalized spacial score (nSPS) is 14.8. The summed E-state index contributed by atoms with van der Waals surface area (Å²) in [5.41, 5.74) is 2.50. The first-order chi connectivity index (χ1) is 9.20. The van der Waals surface area contributed by atoms with Gasteiger partial charge in [0.15, 0.2) is 0 Å². The molecule has 0 saturated heterocycles. The molecular weight excluding hydrogens is 242 g/mol. The molecule has 0 bridgehead atoms. The van der Waals surface area contributed by atoms with Crippen molar-refractivity contribution >= 4 is 11.7 Å². The Balaban J connectivity index is 1.88. The molecule has 0 radical (unpaired) electrons. The van der Waals surface area contributed by atoms with E-state index in [9.17, 15) is 4.79 Å². The van der Waals surface area contributed by atoms with E-state index in [1.165, 1.54) is 12.0 Å². The summed E-state index contributed by atoms with van der Waals surface area (Å²) in [5.74, 6) is 0.731. The van der Waals surface area contributed by atoms with Crippen LogP contribution >= 0.6 is 0 Å². The predicted molar refractivity (Wildman–Crippen MR) is 74.2 cm³/mol. The van der Waals surface area contributed by atoms with Gasteiger partial charge < -0.3 is 15.4 Å². The van der Waals surface area contributed by atoms with E-state index < -0.39 is 0 Å². The number of nitrogens with zero attached hydrogens (tertiary/aromatic N) is 1. The number of anilines is 1. The lowest BCUT2D eigenvalue weighted by Gasteiger charge is -2.15. The molecule has 104 valence electrons. The summed E-state index contributed by atoms with van der Waals surface area (Å²) in [7, 11) is 1.61. The highest BCUT2D eigenvalue weighted by atomic mass is 16.5. The van der Waals surface area contributed by atoms with Crippen LogP contribution in [0.5, 0.6) is 0 Å². The van der Waals surface area contributed by atoms with Crippen LogP contribution in [0.4, 0.5) is 5.82 Å². The van der Waals surface area contributed by atoms with Gasteiger partial charge in [0.25, 0.3) is 0 Å². The Bertz CT molecular complexity index is 448. The molecule has 0 aliphatic heterocycles. The molecule has 0 fully saturated rings. The largest absolute Gasteiger partial charge is 0.383 e. The molecule has 1 heterocycles. The van der Waals surface area contributed by atoms with Gasteiger partial charge in [-0.2, -0.15) is 0 Å². The molecule has 0 saturated carbocycles. The zero-order valence-electron chi connectivity index (χ0n) is 11.5. The molecule has 0 aromatic carbocycles. The number of carbonyl (C=O) groups is 1. The van der Waals surface area contributed by atoms with Gasteiger partial charge in [-0.3, -0.25) is 4.79 Å². The van der Waals surface area contributed by atoms with Crippen molar-refractivity contribution in [2.75, 3.05) is 25.6 Å². The summed E-state index contributed by atoms with van der Waals surface area (Å²) >= 11 is 0. The number of amides is 1. The van der Waals surface area contributed by atoms with E-state index in [0.717, 1.165) is 24.4 Å². The monoisotopic (exact) mass is 263 g/mol. The van der Waals surface area contributed by atoms with Gasteiger partial charge in [0.2, 0.25) is 5.91 Å². The van der Waals surface area contributed by atoms with Gasteiger partial charge >= 0.3 is 0 Å². The number of aromatic nitrogens is 1. The molecule has 1 unspecified atom stereocenters. The third-order valence-corrected chi connectivity index (χ3v) is 3.29. The minimum Gasteiger partial charge on any atom is -0.383 e. The van der Waals surface area contributed by atoms with Crippen LogP contribution in [0.15, 0.2) is 12.1 Å². The number of aryl methyl sites for hydroxylation is 2. The number of nitrogens with one attached hydrogen (secondary N) is 2. The smallest absolute Gasteiger partial charge is 0.242 e. The van der Waals surface area contributed by atoms with Gasteiger partial charge in [-0.25, -0.2) is 4.98 Å². The van der Waals surface area contributed by atoms with Gasteiger partial charge in [-0.05, 0) is 37.8 Å². The lowest BCUT2D eigenvalue weighted by molar-refractivity contribution is -0.121. The maximum atomic E-state index is 11.8. The molecule has 1 atom stereocenters. The summed E-state index contributed by atoms with van der Waals surface area (Å²) < 4.78 is 4.89. The maximum Gasteiger partial charge on any atom is 0.242 e. The zero-order chi connectivity index (χ0) is 13.7. The molecule has 1 amide bonds. The highest BCUT2D eigenvalue weighted by molar-refractivity contribution is 5.83. The highest BCUT2D eigenvalue weighted by Gasteiger charge is 2.15. The zero-order valence-corrected chi connectivity index (χ0v) is 11.5. The minimum absolute atomic E-state index is 0.0423. The number of methoxy groups -OCH3 is 1. The Morgan fingerprint density at radius 3 is 3.11 bits per heavy atom. The Morgan fingerprint density at radius 2 is 2.32 bits per heavy atom. The van der Waals surface area contributed by atoms with E-state index in [4.69, 9.17) is 4.74 Å². The summed E-state index contributed by atoms with van der Waals surface area (Å²) in [5, 5.41) is 5.94. The fourth-order valence-electron chi connectivity index (χ4n) is 2.22. The summed E-state index contributed by atoms with van der Waals surface area (Å²) in [6.07, 6.45) is 3.34. The quantitative estimate of drug-likeness (QED) is 0.755. The lowest BCUT2D eigenvalue weighted by Crippen LogP contribution is -2.39. The van der Waals surface area contributed by atoms with Gasteiger partial charge in [0.1, 0.15) is 11.9 Å². The first kappa shape index (κ1) is 13.8. The lowest BCUT2D eigenvalue weighted by atomic mass is 10.2. The fraction of sp³-hybridized carbons (Fsp3) is 0.571. The Morgan fingerprint density at radius 1 is 1.47 bits per heavy atom. The van der Waals surface area contributed by atoms with Crippen LogP contribution in [-0.4, -0.2) is 37.2 Å². The number of hydrogen-bond donors (Lipinski definition) is 2. The van der Waals surface area contributed by atoms with Gasteiger partial charge in [-0.15, -0.1) is 0 Å². The van der Waals surface area contributed by atoms with Crippen LogP contribution in [0.2, 0.25) is 0 Å². The van der Waals surface area contributed by atoms with E-state index in [2.05, 4.69) is 21.7 Å². The summed E-state index contributed by atoms with van der Waals surface area (Å²) in [6, 6.07) is 3.75. The molecule has 0 spiro atoms. The number of ether oxygens (including phenoxy) is 1. The van der Waals surface area contributed by atoms with Crippen molar-refractivity contribution in [1.29, 1.82) is 0 Å². The van der Waals surface area contributed by atoms with E-state index in [1.54, 1.807) is 7.11 Å². The molecule has 5 heteroatoms. The second-order valence-corrected chi connectivity index (χ2v) is 4.81. The molecule has 1 aliphatic rings. The Hall–Kier alpha value is -1.62. The maximum absolute atomic E-state index is 11.8. The topological polar surface area (TPSA) is 63.2 Å². The highest BCUT2D eigenvalue weighted by Crippen LogP contribution is 2.21. The number of pyridine rings is 1. The van der Waals surface area contributed by atoms with Crippen molar-refractivity contribution in [2.24, 2.45) is 0 Å². The van der Waals surface area contributed by atoms with E-state index in [0.29, 0.717) is 13.2 Å². The first-order valence-corrected chi connectivity index (χ1v) is 6.72. The van der Waals surface area contributed by atoms with Gasteiger partial charge in [-0.1, -0.05) is 6.07 Å². The van der Waals surface area contributed by atoms with Crippen LogP contribution in [-0.2, 0) is 22.4 Å². The van der Waals surface area contributed by atoms with Gasteiger partial charge in [0.05, 0.1) is 6.61 Å².